The number of nitrogens with zero attached hydrogens (tertiary/aromatic N) is 1. The fraction of sp³-hybridized carbons (Fsp3) is 0.300. The highest BCUT2D eigenvalue weighted by Crippen LogP contribution is 2.28. The highest BCUT2D eigenvalue weighted by molar-refractivity contribution is 5.50. The molecule has 1 rings (SSSR count). The lowest BCUT2D eigenvalue weighted by Gasteiger charge is -2.07. The molecule has 0 saturated heterocycles. The van der Waals surface area contributed by atoms with Gasteiger partial charge in [-0.25, -0.2) is 0 Å². The second-order valence-electron chi connectivity index (χ2n) is 3.27. The van der Waals surface area contributed by atoms with Crippen LogP contribution >= 0.6 is 0 Å². The van der Waals surface area contributed by atoms with Crippen molar-refractivity contribution in [1.82, 2.24) is 0 Å². The van der Waals surface area contributed by atoms with Crippen molar-refractivity contribution in [3.05, 3.63) is 46.4 Å². The summed E-state index contributed by atoms with van der Waals surface area (Å²) in [7, 11) is 0. The van der Waals surface area contributed by atoms with Crippen molar-refractivity contribution in [3.8, 4) is 0 Å². The Kier molecular flexibility index (Phi) is 2.66. The van der Waals surface area contributed by atoms with E-state index in [1.54, 1.807) is 18.2 Å². The van der Waals surface area contributed by atoms with E-state index in [-0.39, 0.29) is 16.5 Å². The third kappa shape index (κ3) is 1.86. The Labute approximate surface area is 77.5 Å². The van der Waals surface area contributed by atoms with Crippen LogP contribution < -0.4 is 0 Å². The molecule has 0 aromatic heterocycles. The average Bonchev–Trinajstić information content (AvgIpc) is 2.02. The third-order valence-corrected chi connectivity index (χ3v) is 1.96. The molecule has 3 heteroatoms. The number of para-hydroxylation sites is 1. The van der Waals surface area contributed by atoms with E-state index in [1.165, 1.54) is 0 Å². The summed E-state index contributed by atoms with van der Waals surface area (Å²) in [6.45, 7) is 7.51. The highest BCUT2D eigenvalue weighted by Gasteiger charge is 2.18. The minimum absolute atomic E-state index is 0.150. The fourth-order valence-corrected chi connectivity index (χ4v) is 1.30. The Morgan fingerprint density at radius 3 is 2.46 bits per heavy atom. The molecule has 0 atom stereocenters. The van der Waals surface area contributed by atoms with Crippen LogP contribution in [0.2, 0.25) is 0 Å². The number of nitro benzene ring substituents is 1. The van der Waals surface area contributed by atoms with E-state index in [0.717, 1.165) is 5.56 Å². The summed E-state index contributed by atoms with van der Waals surface area (Å²) < 4.78 is 0. The van der Waals surface area contributed by atoms with Crippen molar-refractivity contribution < 1.29 is 4.92 Å². The summed E-state index contributed by atoms with van der Waals surface area (Å²) in [4.78, 5) is 10.3. The molecule has 0 saturated carbocycles. The van der Waals surface area contributed by atoms with E-state index in [9.17, 15) is 10.1 Å². The lowest BCUT2D eigenvalue weighted by Crippen LogP contribution is -1.99. The molecule has 0 unspecified atom stereocenters. The largest absolute Gasteiger partial charge is 0.276 e. The number of benzene rings is 1. The molecule has 1 aromatic rings. The van der Waals surface area contributed by atoms with E-state index in [4.69, 9.17) is 0 Å². The molecular weight excluding hydrogens is 166 g/mol. The maximum absolute atomic E-state index is 10.7. The van der Waals surface area contributed by atoms with Gasteiger partial charge in [0.1, 0.15) is 0 Å². The zero-order valence-electron chi connectivity index (χ0n) is 7.78. The Bertz CT molecular complexity index is 332. The molecule has 0 aliphatic heterocycles. The summed E-state index contributed by atoms with van der Waals surface area (Å²) in [5.41, 5.74) is 1.38. The van der Waals surface area contributed by atoms with Crippen LogP contribution in [0.4, 0.5) is 5.69 Å². The van der Waals surface area contributed by atoms with Crippen LogP contribution in [0.1, 0.15) is 30.9 Å². The molecular formula is C10H12NO2. The predicted molar refractivity (Wildman–Crippen MR) is 51.6 cm³/mol. The Morgan fingerprint density at radius 2 is 2.08 bits per heavy atom. The summed E-state index contributed by atoms with van der Waals surface area (Å²) in [6, 6.07) is 5.23. The number of nitro groups is 1. The maximum Gasteiger partial charge on any atom is 0.276 e. The van der Waals surface area contributed by atoms with Gasteiger partial charge in [0.05, 0.1) is 4.92 Å². The van der Waals surface area contributed by atoms with Crippen molar-refractivity contribution in [3.63, 3.8) is 0 Å². The lowest BCUT2D eigenvalue weighted by atomic mass is 9.99. The van der Waals surface area contributed by atoms with Crippen LogP contribution in [0, 0.1) is 17.0 Å². The Balaban J connectivity index is 3.34. The maximum atomic E-state index is 10.7. The van der Waals surface area contributed by atoms with Gasteiger partial charge in [0, 0.05) is 11.1 Å². The van der Waals surface area contributed by atoms with Crippen molar-refractivity contribution in [2.75, 3.05) is 0 Å². The first-order valence-corrected chi connectivity index (χ1v) is 4.13. The van der Waals surface area contributed by atoms with Gasteiger partial charge in [-0.1, -0.05) is 32.0 Å². The van der Waals surface area contributed by atoms with E-state index in [1.807, 2.05) is 13.8 Å². The quantitative estimate of drug-likeness (QED) is 0.516. The monoisotopic (exact) mass is 178 g/mol. The van der Waals surface area contributed by atoms with Gasteiger partial charge in [0.2, 0.25) is 0 Å². The zero-order chi connectivity index (χ0) is 10.0. The van der Waals surface area contributed by atoms with Gasteiger partial charge in [0.25, 0.3) is 5.69 Å². The van der Waals surface area contributed by atoms with E-state index in [0.29, 0.717) is 5.56 Å². The molecule has 13 heavy (non-hydrogen) atoms. The topological polar surface area (TPSA) is 43.1 Å². The number of hydrogen-bond donors (Lipinski definition) is 0. The van der Waals surface area contributed by atoms with Crippen LogP contribution in [-0.4, -0.2) is 4.92 Å². The lowest BCUT2D eigenvalue weighted by molar-refractivity contribution is -0.386. The normalized spacial score (nSPS) is 10.5. The average molecular weight is 178 g/mol. The van der Waals surface area contributed by atoms with Gasteiger partial charge in [-0.05, 0) is 12.8 Å². The van der Waals surface area contributed by atoms with Crippen LogP contribution in [0.15, 0.2) is 18.2 Å². The van der Waals surface area contributed by atoms with Crippen molar-refractivity contribution >= 4 is 5.69 Å². The first-order valence-electron chi connectivity index (χ1n) is 4.13. The molecule has 69 valence electrons. The second kappa shape index (κ2) is 3.56. The molecule has 3 nitrogen and oxygen atoms in total. The number of hydrogen-bond acceptors (Lipinski definition) is 2. The third-order valence-electron chi connectivity index (χ3n) is 1.96. The van der Waals surface area contributed by atoms with Crippen molar-refractivity contribution in [2.45, 2.75) is 19.8 Å². The van der Waals surface area contributed by atoms with Gasteiger partial charge in [-0.3, -0.25) is 10.1 Å². The summed E-state index contributed by atoms with van der Waals surface area (Å²) in [5.74, 6) is 0.155. The molecule has 0 aliphatic rings. The predicted octanol–water partition coefficient (Wildman–Crippen LogP) is 2.90. The fourth-order valence-electron chi connectivity index (χ4n) is 1.30. The molecule has 1 radical (unpaired) electrons. The van der Waals surface area contributed by atoms with Gasteiger partial charge < -0.3 is 0 Å². The van der Waals surface area contributed by atoms with Gasteiger partial charge in [-0.2, -0.15) is 0 Å². The summed E-state index contributed by atoms with van der Waals surface area (Å²) in [6.07, 6.45) is 0. The molecule has 0 N–H and O–H groups in total. The van der Waals surface area contributed by atoms with E-state index in [2.05, 4.69) is 6.92 Å². The highest BCUT2D eigenvalue weighted by atomic mass is 16.6. The zero-order valence-corrected chi connectivity index (χ0v) is 7.78. The molecule has 1 aromatic carbocycles. The minimum Gasteiger partial charge on any atom is -0.258 e. The minimum atomic E-state index is -0.363. The second-order valence-corrected chi connectivity index (χ2v) is 3.27. The van der Waals surface area contributed by atoms with Crippen molar-refractivity contribution in [1.29, 1.82) is 0 Å². The van der Waals surface area contributed by atoms with Crippen LogP contribution in [0.5, 0.6) is 0 Å². The Morgan fingerprint density at radius 1 is 1.46 bits per heavy atom. The first kappa shape index (κ1) is 9.71. The molecule has 0 bridgehead atoms. The molecule has 0 heterocycles. The number of rotatable bonds is 2. The first-order chi connectivity index (χ1) is 6.04. The van der Waals surface area contributed by atoms with E-state index >= 15 is 0 Å². The molecule has 0 aliphatic carbocycles. The molecule has 0 fully saturated rings. The SMILES string of the molecule is [CH2]c1cccc(C(C)C)c1[N+](=O)[O-]. The Hall–Kier alpha value is -1.38. The van der Waals surface area contributed by atoms with Crippen molar-refractivity contribution in [2.24, 2.45) is 0 Å². The van der Waals surface area contributed by atoms with Crippen LogP contribution in [0.3, 0.4) is 0 Å². The van der Waals surface area contributed by atoms with Gasteiger partial charge in [-0.15, -0.1) is 0 Å². The molecule has 0 spiro atoms. The summed E-state index contributed by atoms with van der Waals surface area (Å²) in [5, 5.41) is 10.7. The van der Waals surface area contributed by atoms with Gasteiger partial charge in [0.15, 0.2) is 0 Å². The molecule has 0 amide bonds. The summed E-state index contributed by atoms with van der Waals surface area (Å²) >= 11 is 0. The smallest absolute Gasteiger partial charge is 0.258 e. The van der Waals surface area contributed by atoms with E-state index < -0.39 is 0 Å². The standard InChI is InChI=1S/C10H12NO2/c1-7(2)9-6-4-5-8(3)10(9)11(12)13/h4-7H,3H2,1-2H3. The van der Waals surface area contributed by atoms with Gasteiger partial charge >= 0.3 is 0 Å². The van der Waals surface area contributed by atoms with Crippen LogP contribution in [-0.2, 0) is 0 Å². The van der Waals surface area contributed by atoms with Crippen LogP contribution in [0.25, 0.3) is 0 Å².